The van der Waals surface area contributed by atoms with Crippen LogP contribution in [0.2, 0.25) is 0 Å². The van der Waals surface area contributed by atoms with Crippen molar-refractivity contribution >= 4 is 11.6 Å². The van der Waals surface area contributed by atoms with Crippen LogP contribution in [0.25, 0.3) is 0 Å². The lowest BCUT2D eigenvalue weighted by Crippen LogP contribution is -2.11. The van der Waals surface area contributed by atoms with E-state index >= 15 is 0 Å². The van der Waals surface area contributed by atoms with Crippen LogP contribution in [0.15, 0.2) is 18.2 Å². The van der Waals surface area contributed by atoms with E-state index in [0.717, 1.165) is 0 Å². The highest BCUT2D eigenvalue weighted by atomic mass is 16.5. The Hall–Kier alpha value is -1.71. The maximum absolute atomic E-state index is 10.9. The largest absolute Gasteiger partial charge is 0.491 e. The number of rotatable bonds is 4. The van der Waals surface area contributed by atoms with Gasteiger partial charge in [-0.2, -0.15) is 0 Å². The lowest BCUT2D eigenvalue weighted by Gasteiger charge is -2.08. The topological polar surface area (TPSA) is 78.3 Å². The number of primary amides is 1. The molecule has 0 unspecified atom stereocenters. The van der Waals surface area contributed by atoms with Crippen LogP contribution in [0.5, 0.6) is 5.75 Å². The minimum absolute atomic E-state index is 0.426. The van der Waals surface area contributed by atoms with E-state index in [1.54, 1.807) is 18.2 Å². The number of hydrogen-bond acceptors (Lipinski definition) is 3. The molecule has 80 valence electrons. The van der Waals surface area contributed by atoms with E-state index < -0.39 is 5.91 Å². The first-order valence-corrected chi connectivity index (χ1v) is 4.99. The van der Waals surface area contributed by atoms with E-state index in [1.807, 2.05) is 0 Å². The van der Waals surface area contributed by atoms with Gasteiger partial charge in [-0.25, -0.2) is 0 Å². The number of benzene rings is 1. The van der Waals surface area contributed by atoms with Crippen LogP contribution in [-0.4, -0.2) is 12.5 Å². The second kappa shape index (κ2) is 3.81. The van der Waals surface area contributed by atoms with Crippen molar-refractivity contribution in [3.05, 3.63) is 23.8 Å². The maximum atomic E-state index is 10.9. The van der Waals surface area contributed by atoms with Crippen molar-refractivity contribution < 1.29 is 9.53 Å². The molecule has 4 nitrogen and oxygen atoms in total. The Morgan fingerprint density at radius 3 is 2.80 bits per heavy atom. The highest BCUT2D eigenvalue weighted by Gasteiger charge is 2.22. The molecule has 1 saturated carbocycles. The van der Waals surface area contributed by atoms with Crippen LogP contribution in [0.3, 0.4) is 0 Å². The minimum atomic E-state index is -0.466. The average molecular weight is 206 g/mol. The quantitative estimate of drug-likeness (QED) is 0.725. The Balaban J connectivity index is 2.12. The van der Waals surface area contributed by atoms with Crippen molar-refractivity contribution in [1.29, 1.82) is 0 Å². The lowest BCUT2D eigenvalue weighted by atomic mass is 10.2. The number of anilines is 1. The molecule has 1 amide bonds. The molecule has 4 heteroatoms. The zero-order valence-corrected chi connectivity index (χ0v) is 8.40. The van der Waals surface area contributed by atoms with Crippen molar-refractivity contribution in [2.24, 2.45) is 11.7 Å². The van der Waals surface area contributed by atoms with Crippen LogP contribution in [0, 0.1) is 5.92 Å². The average Bonchev–Trinajstić information content (AvgIpc) is 3.00. The highest BCUT2D eigenvalue weighted by molar-refractivity contribution is 5.93. The third kappa shape index (κ3) is 2.40. The van der Waals surface area contributed by atoms with Gasteiger partial charge in [-0.05, 0) is 37.0 Å². The summed E-state index contributed by atoms with van der Waals surface area (Å²) in [6.45, 7) is 0.673. The normalized spacial score (nSPS) is 14.9. The molecule has 0 heterocycles. The summed E-state index contributed by atoms with van der Waals surface area (Å²) in [5.74, 6) is 0.742. The monoisotopic (exact) mass is 206 g/mol. The molecule has 2 rings (SSSR count). The Kier molecular flexibility index (Phi) is 2.49. The molecule has 15 heavy (non-hydrogen) atoms. The molecule has 0 atom stereocenters. The van der Waals surface area contributed by atoms with Crippen LogP contribution in [0.1, 0.15) is 23.2 Å². The van der Waals surface area contributed by atoms with E-state index in [0.29, 0.717) is 29.5 Å². The second-order valence-electron chi connectivity index (χ2n) is 3.87. The Labute approximate surface area is 88.2 Å². The zero-order valence-electron chi connectivity index (χ0n) is 8.40. The first-order chi connectivity index (χ1) is 7.16. The van der Waals surface area contributed by atoms with Gasteiger partial charge in [0.15, 0.2) is 0 Å². The fourth-order valence-corrected chi connectivity index (χ4v) is 1.30. The fraction of sp³-hybridized carbons (Fsp3) is 0.364. The van der Waals surface area contributed by atoms with Crippen molar-refractivity contribution in [3.63, 3.8) is 0 Å². The number of nitrogens with two attached hydrogens (primary N) is 2. The Morgan fingerprint density at radius 2 is 2.20 bits per heavy atom. The SMILES string of the molecule is NC(=O)c1ccc(N)c(OCC2CC2)c1. The van der Waals surface area contributed by atoms with E-state index in [-0.39, 0.29) is 0 Å². The van der Waals surface area contributed by atoms with Gasteiger partial charge in [0, 0.05) is 5.56 Å². The fourth-order valence-electron chi connectivity index (χ4n) is 1.30. The summed E-state index contributed by atoms with van der Waals surface area (Å²) >= 11 is 0. The molecule has 0 radical (unpaired) electrons. The lowest BCUT2D eigenvalue weighted by molar-refractivity contribution is 0.1000. The second-order valence-corrected chi connectivity index (χ2v) is 3.87. The molecule has 1 aliphatic carbocycles. The molecule has 1 aromatic carbocycles. The summed E-state index contributed by atoms with van der Waals surface area (Å²) in [6, 6.07) is 4.84. The van der Waals surface area contributed by atoms with Gasteiger partial charge in [0.1, 0.15) is 5.75 Å². The first kappa shape index (κ1) is 9.83. The summed E-state index contributed by atoms with van der Waals surface area (Å²) in [7, 11) is 0. The molecule has 0 spiro atoms. The van der Waals surface area contributed by atoms with Crippen LogP contribution in [0.4, 0.5) is 5.69 Å². The van der Waals surface area contributed by atoms with Gasteiger partial charge in [-0.1, -0.05) is 0 Å². The van der Waals surface area contributed by atoms with Crippen molar-refractivity contribution in [1.82, 2.24) is 0 Å². The molecule has 1 aliphatic rings. The van der Waals surface area contributed by atoms with Crippen LogP contribution >= 0.6 is 0 Å². The smallest absolute Gasteiger partial charge is 0.248 e. The number of carbonyl (C=O) groups is 1. The highest BCUT2D eigenvalue weighted by Crippen LogP contribution is 2.31. The predicted octanol–water partition coefficient (Wildman–Crippen LogP) is 1.16. The maximum Gasteiger partial charge on any atom is 0.248 e. The number of carbonyl (C=O) groups excluding carboxylic acids is 1. The molecule has 0 saturated heterocycles. The van der Waals surface area contributed by atoms with Crippen molar-refractivity contribution in [2.45, 2.75) is 12.8 Å². The molecule has 0 aliphatic heterocycles. The van der Waals surface area contributed by atoms with Gasteiger partial charge in [0.25, 0.3) is 0 Å². The van der Waals surface area contributed by atoms with E-state index in [9.17, 15) is 4.79 Å². The van der Waals surface area contributed by atoms with Crippen molar-refractivity contribution in [3.8, 4) is 5.75 Å². The molecule has 1 aromatic rings. The molecule has 0 bridgehead atoms. The third-order valence-electron chi connectivity index (χ3n) is 2.47. The number of amides is 1. The number of nitrogen functional groups attached to an aromatic ring is 1. The minimum Gasteiger partial charge on any atom is -0.491 e. The molecule has 0 aromatic heterocycles. The summed E-state index contributed by atoms with van der Waals surface area (Å²) in [4.78, 5) is 10.9. The van der Waals surface area contributed by atoms with Gasteiger partial charge < -0.3 is 16.2 Å². The summed E-state index contributed by atoms with van der Waals surface area (Å²) in [5, 5.41) is 0. The van der Waals surface area contributed by atoms with Gasteiger partial charge >= 0.3 is 0 Å². The summed E-state index contributed by atoms with van der Waals surface area (Å²) in [5.41, 5.74) is 11.9. The number of ether oxygens (including phenoxy) is 1. The van der Waals surface area contributed by atoms with Gasteiger partial charge in [0.05, 0.1) is 12.3 Å². The Bertz CT molecular complexity index is 386. The predicted molar refractivity (Wildman–Crippen MR) is 57.6 cm³/mol. The summed E-state index contributed by atoms with van der Waals surface area (Å²) in [6.07, 6.45) is 2.44. The van der Waals surface area contributed by atoms with Gasteiger partial charge in [-0.15, -0.1) is 0 Å². The summed E-state index contributed by atoms with van der Waals surface area (Å²) < 4.78 is 5.52. The first-order valence-electron chi connectivity index (χ1n) is 4.99. The zero-order chi connectivity index (χ0) is 10.8. The van der Waals surface area contributed by atoms with Crippen LogP contribution < -0.4 is 16.2 Å². The number of hydrogen-bond donors (Lipinski definition) is 2. The van der Waals surface area contributed by atoms with Gasteiger partial charge in [-0.3, -0.25) is 4.79 Å². The Morgan fingerprint density at radius 1 is 1.47 bits per heavy atom. The molecule has 1 fully saturated rings. The van der Waals surface area contributed by atoms with E-state index in [2.05, 4.69) is 0 Å². The molecular formula is C11H14N2O2. The van der Waals surface area contributed by atoms with Gasteiger partial charge in [0.2, 0.25) is 5.91 Å². The van der Waals surface area contributed by atoms with Crippen LogP contribution in [-0.2, 0) is 0 Å². The molecule has 4 N–H and O–H groups in total. The van der Waals surface area contributed by atoms with Crippen molar-refractivity contribution in [2.75, 3.05) is 12.3 Å². The van der Waals surface area contributed by atoms with E-state index in [1.165, 1.54) is 12.8 Å². The van der Waals surface area contributed by atoms with E-state index in [4.69, 9.17) is 16.2 Å². The molecular weight excluding hydrogens is 192 g/mol. The standard InChI is InChI=1S/C11H14N2O2/c12-9-4-3-8(11(13)14)5-10(9)15-6-7-1-2-7/h3-5,7H,1-2,6,12H2,(H2,13,14). The third-order valence-corrected chi connectivity index (χ3v) is 2.47.